The first kappa shape index (κ1) is 24.6. The molecule has 0 aliphatic heterocycles. The molecule has 2 amide bonds. The Morgan fingerprint density at radius 1 is 1.26 bits per heavy atom. The summed E-state index contributed by atoms with van der Waals surface area (Å²) < 4.78 is 37.2. The van der Waals surface area contributed by atoms with Crippen molar-refractivity contribution >= 4 is 23.6 Å². The molecular formula is C21H29F2N3O5. The number of nitrogens with zero attached hydrogens (tertiary/aromatic N) is 1. The van der Waals surface area contributed by atoms with Crippen LogP contribution in [0, 0.1) is 5.92 Å². The molecule has 0 unspecified atom stereocenters. The Balaban J connectivity index is 2.17. The van der Waals surface area contributed by atoms with Crippen LogP contribution >= 0.6 is 0 Å². The third-order valence-corrected chi connectivity index (χ3v) is 4.80. The lowest BCUT2D eigenvalue weighted by atomic mass is 9.81. The van der Waals surface area contributed by atoms with E-state index in [-0.39, 0.29) is 43.9 Å². The number of halogens is 2. The van der Waals surface area contributed by atoms with Crippen LogP contribution in [0.25, 0.3) is 0 Å². The topological polar surface area (TPSA) is 107 Å². The molecule has 1 heterocycles. The van der Waals surface area contributed by atoms with Crippen LogP contribution in [-0.2, 0) is 14.3 Å². The van der Waals surface area contributed by atoms with Gasteiger partial charge in [-0.1, -0.05) is 0 Å². The highest BCUT2D eigenvalue weighted by Crippen LogP contribution is 2.37. The zero-order chi connectivity index (χ0) is 23.2. The Bertz CT molecular complexity index is 800. The summed E-state index contributed by atoms with van der Waals surface area (Å²) in [6.07, 6.45) is -0.0490. The van der Waals surface area contributed by atoms with E-state index >= 15 is 0 Å². The maximum Gasteiger partial charge on any atom is 0.408 e. The number of hydrogen-bond acceptors (Lipinski definition) is 6. The van der Waals surface area contributed by atoms with Crippen molar-refractivity contribution < 1.29 is 32.6 Å². The predicted octanol–water partition coefficient (Wildman–Crippen LogP) is 3.57. The van der Waals surface area contributed by atoms with Crippen LogP contribution < -0.4 is 10.6 Å². The molecule has 0 radical (unpaired) electrons. The molecule has 172 valence electrons. The molecular weight excluding hydrogens is 412 g/mol. The second-order valence-corrected chi connectivity index (χ2v) is 8.59. The van der Waals surface area contributed by atoms with Crippen LogP contribution in [0.15, 0.2) is 18.3 Å². The number of hydrogen-bond donors (Lipinski definition) is 2. The summed E-state index contributed by atoms with van der Waals surface area (Å²) in [5, 5.41) is 5.08. The Labute approximate surface area is 180 Å². The van der Waals surface area contributed by atoms with Crippen molar-refractivity contribution in [3.05, 3.63) is 23.9 Å². The number of nitrogens with one attached hydrogen (secondary N) is 2. The van der Waals surface area contributed by atoms with Gasteiger partial charge in [0.25, 0.3) is 0 Å². The zero-order valence-corrected chi connectivity index (χ0v) is 18.2. The molecule has 0 bridgehead atoms. The highest BCUT2D eigenvalue weighted by Gasteiger charge is 2.40. The van der Waals surface area contributed by atoms with E-state index in [1.165, 1.54) is 25.4 Å². The highest BCUT2D eigenvalue weighted by molar-refractivity contribution is 6.00. The Kier molecular flexibility index (Phi) is 8.05. The minimum atomic E-state index is -2.78. The molecule has 10 heteroatoms. The number of alkyl halides is 2. The highest BCUT2D eigenvalue weighted by atomic mass is 19.3. The number of anilines is 1. The molecule has 0 spiro atoms. The van der Waals surface area contributed by atoms with Crippen LogP contribution in [0.3, 0.4) is 0 Å². The van der Waals surface area contributed by atoms with Gasteiger partial charge in [-0.25, -0.2) is 18.6 Å². The van der Waals surface area contributed by atoms with E-state index in [1.54, 1.807) is 20.8 Å². The number of alkyl carbamates (subject to hydrolysis) is 1. The normalized spacial score (nSPS) is 17.5. The maximum atomic E-state index is 13.6. The number of ether oxygens (including phenoxy) is 2. The van der Waals surface area contributed by atoms with E-state index in [0.29, 0.717) is 5.56 Å². The monoisotopic (exact) mass is 441 g/mol. The van der Waals surface area contributed by atoms with Gasteiger partial charge in [0.05, 0.1) is 0 Å². The maximum absolute atomic E-state index is 13.6. The van der Waals surface area contributed by atoms with Gasteiger partial charge in [0.15, 0.2) is 5.78 Å². The van der Waals surface area contributed by atoms with Gasteiger partial charge in [0.1, 0.15) is 24.1 Å². The molecule has 1 aromatic heterocycles. The molecule has 2 rings (SSSR count). The van der Waals surface area contributed by atoms with Crippen molar-refractivity contribution in [3.63, 3.8) is 0 Å². The first-order valence-electron chi connectivity index (χ1n) is 10.1. The standard InChI is InChI=1S/C21H29F2N3O5/c1-20(2,3)31-19(29)26-17(13-5-8-21(22,23)9-6-13)18(28)25-16-11-14(7-10-24-16)15(27)12-30-4/h7,10-11,13,17H,5-6,8-9,12H2,1-4H3,(H,26,29)(H,24,25,28)/t17-/m1/s1. The number of pyridine rings is 1. The first-order valence-corrected chi connectivity index (χ1v) is 10.1. The first-order chi connectivity index (χ1) is 14.4. The fourth-order valence-corrected chi connectivity index (χ4v) is 3.32. The molecule has 2 N–H and O–H groups in total. The fourth-order valence-electron chi connectivity index (χ4n) is 3.32. The second kappa shape index (κ2) is 10.1. The minimum Gasteiger partial charge on any atom is -0.444 e. The van der Waals surface area contributed by atoms with E-state index < -0.39 is 35.5 Å². The van der Waals surface area contributed by atoms with Gasteiger partial charge in [0, 0.05) is 31.7 Å². The van der Waals surface area contributed by atoms with Crippen molar-refractivity contribution in [2.75, 3.05) is 19.0 Å². The molecule has 1 aromatic rings. The molecule has 1 fully saturated rings. The van der Waals surface area contributed by atoms with Crippen LogP contribution in [0.2, 0.25) is 0 Å². The second-order valence-electron chi connectivity index (χ2n) is 8.59. The smallest absolute Gasteiger partial charge is 0.408 e. The fraction of sp³-hybridized carbons (Fsp3) is 0.619. The lowest BCUT2D eigenvalue weighted by Gasteiger charge is -2.33. The summed E-state index contributed by atoms with van der Waals surface area (Å²) in [5.41, 5.74) is -0.497. The molecule has 1 aliphatic carbocycles. The summed E-state index contributed by atoms with van der Waals surface area (Å²) in [6.45, 7) is 4.90. The summed E-state index contributed by atoms with van der Waals surface area (Å²) in [4.78, 5) is 41.3. The molecule has 1 saturated carbocycles. The number of methoxy groups -OCH3 is 1. The van der Waals surface area contributed by atoms with Crippen molar-refractivity contribution in [3.8, 4) is 0 Å². The Morgan fingerprint density at radius 3 is 2.48 bits per heavy atom. The van der Waals surface area contributed by atoms with Crippen molar-refractivity contribution in [2.24, 2.45) is 5.92 Å². The zero-order valence-electron chi connectivity index (χ0n) is 18.2. The average Bonchev–Trinajstić information content (AvgIpc) is 2.65. The van der Waals surface area contributed by atoms with Crippen molar-refractivity contribution in [1.82, 2.24) is 10.3 Å². The van der Waals surface area contributed by atoms with Crippen molar-refractivity contribution in [1.29, 1.82) is 0 Å². The van der Waals surface area contributed by atoms with E-state index in [1.807, 2.05) is 0 Å². The lowest BCUT2D eigenvalue weighted by Crippen LogP contribution is -2.51. The molecule has 0 aromatic carbocycles. The summed E-state index contributed by atoms with van der Waals surface area (Å²) in [6, 6.07) is 1.78. The quantitative estimate of drug-likeness (QED) is 0.627. The van der Waals surface area contributed by atoms with Gasteiger partial charge in [-0.2, -0.15) is 0 Å². The number of aromatic nitrogens is 1. The van der Waals surface area contributed by atoms with Gasteiger partial charge in [-0.15, -0.1) is 0 Å². The molecule has 31 heavy (non-hydrogen) atoms. The number of ketones is 1. The molecule has 8 nitrogen and oxygen atoms in total. The van der Waals surface area contributed by atoms with Gasteiger partial charge in [0.2, 0.25) is 11.8 Å². The Morgan fingerprint density at radius 2 is 1.90 bits per heavy atom. The molecule has 0 saturated heterocycles. The Hall–Kier alpha value is -2.62. The number of carbonyl (C=O) groups excluding carboxylic acids is 3. The van der Waals surface area contributed by atoms with Crippen molar-refractivity contribution in [2.45, 2.75) is 64.0 Å². The van der Waals surface area contributed by atoms with Crippen LogP contribution in [0.5, 0.6) is 0 Å². The van der Waals surface area contributed by atoms with Gasteiger partial charge in [-0.3, -0.25) is 9.59 Å². The third-order valence-electron chi connectivity index (χ3n) is 4.80. The lowest BCUT2D eigenvalue weighted by molar-refractivity contribution is -0.121. The predicted molar refractivity (Wildman–Crippen MR) is 109 cm³/mol. The SMILES string of the molecule is COCC(=O)c1ccnc(NC(=O)[C@H](NC(=O)OC(C)(C)C)C2CCC(F)(F)CC2)c1. The summed E-state index contributed by atoms with van der Waals surface area (Å²) in [5.74, 6) is -4.08. The molecule has 1 atom stereocenters. The number of amides is 2. The van der Waals surface area contributed by atoms with Crippen LogP contribution in [0.4, 0.5) is 19.4 Å². The van der Waals surface area contributed by atoms with Gasteiger partial charge >= 0.3 is 6.09 Å². The van der Waals surface area contributed by atoms with Crippen LogP contribution in [0.1, 0.15) is 56.8 Å². The molecule has 1 aliphatic rings. The minimum absolute atomic E-state index is 0.0701. The van der Waals surface area contributed by atoms with E-state index in [9.17, 15) is 23.2 Å². The van der Waals surface area contributed by atoms with Gasteiger partial charge in [-0.05, 0) is 51.7 Å². The van der Waals surface area contributed by atoms with E-state index in [0.717, 1.165) is 0 Å². The third kappa shape index (κ3) is 7.86. The summed E-state index contributed by atoms with van der Waals surface area (Å²) in [7, 11) is 1.39. The van der Waals surface area contributed by atoms with Gasteiger partial charge < -0.3 is 20.1 Å². The number of rotatable bonds is 7. The number of Topliss-reactive ketones (excluding diaryl/α,β-unsaturated/α-hetero) is 1. The van der Waals surface area contributed by atoms with Crippen LogP contribution in [-0.4, -0.2) is 54.0 Å². The number of carbonyl (C=O) groups is 3. The van der Waals surface area contributed by atoms with E-state index in [2.05, 4.69) is 15.6 Å². The largest absolute Gasteiger partial charge is 0.444 e. The van der Waals surface area contributed by atoms with E-state index in [4.69, 9.17) is 9.47 Å². The average molecular weight is 441 g/mol. The summed E-state index contributed by atoms with van der Waals surface area (Å²) >= 11 is 0.